The van der Waals surface area contributed by atoms with E-state index in [0.29, 0.717) is 12.6 Å². The highest BCUT2D eigenvalue weighted by Crippen LogP contribution is 2.29. The van der Waals surface area contributed by atoms with Crippen LogP contribution in [0.3, 0.4) is 0 Å². The molecule has 1 aromatic heterocycles. The van der Waals surface area contributed by atoms with E-state index in [2.05, 4.69) is 0 Å². The standard InChI is InChI=1S/C16H20F3N3O2/c1-2-12(20)4-3-5-14(23)21-6-7-22-13(10-21)8-11(9-15(22)24)16(17,18)19/h3-4,8-9,12H,2,5-7,10,20H2,1H3/b4-3-/t12-/m0/s1. The first-order valence-electron chi connectivity index (χ1n) is 7.73. The number of hydrogen-bond acceptors (Lipinski definition) is 3. The molecule has 0 spiro atoms. The van der Waals surface area contributed by atoms with Gasteiger partial charge in [-0.2, -0.15) is 13.2 Å². The van der Waals surface area contributed by atoms with Crippen LogP contribution in [-0.4, -0.2) is 28.0 Å². The van der Waals surface area contributed by atoms with Crippen LogP contribution >= 0.6 is 0 Å². The first kappa shape index (κ1) is 18.3. The Balaban J connectivity index is 2.13. The van der Waals surface area contributed by atoms with Crippen molar-refractivity contribution in [3.05, 3.63) is 45.9 Å². The van der Waals surface area contributed by atoms with E-state index in [4.69, 9.17) is 5.73 Å². The van der Waals surface area contributed by atoms with Gasteiger partial charge in [0.15, 0.2) is 0 Å². The topological polar surface area (TPSA) is 68.3 Å². The molecule has 0 aromatic carbocycles. The Hall–Kier alpha value is -2.09. The maximum absolute atomic E-state index is 12.8. The van der Waals surface area contributed by atoms with Gasteiger partial charge in [0.2, 0.25) is 5.91 Å². The Kier molecular flexibility index (Phi) is 5.48. The highest BCUT2D eigenvalue weighted by atomic mass is 19.4. The van der Waals surface area contributed by atoms with E-state index >= 15 is 0 Å². The van der Waals surface area contributed by atoms with Gasteiger partial charge in [0.25, 0.3) is 5.56 Å². The third-order valence-corrected chi connectivity index (χ3v) is 3.99. The highest BCUT2D eigenvalue weighted by molar-refractivity contribution is 5.77. The third kappa shape index (κ3) is 4.25. The second-order valence-electron chi connectivity index (χ2n) is 5.74. The monoisotopic (exact) mass is 343 g/mol. The minimum absolute atomic E-state index is 0.00827. The molecule has 0 fully saturated rings. The highest BCUT2D eigenvalue weighted by Gasteiger charge is 2.33. The van der Waals surface area contributed by atoms with Crippen molar-refractivity contribution >= 4 is 5.91 Å². The number of nitrogens with two attached hydrogens (primary N) is 1. The van der Waals surface area contributed by atoms with E-state index in [0.717, 1.165) is 12.5 Å². The average molecular weight is 343 g/mol. The molecular formula is C16H20F3N3O2. The normalized spacial score (nSPS) is 16.3. The second-order valence-corrected chi connectivity index (χ2v) is 5.74. The molecule has 0 unspecified atom stereocenters. The Morgan fingerprint density at radius 3 is 2.71 bits per heavy atom. The van der Waals surface area contributed by atoms with Gasteiger partial charge in [-0.15, -0.1) is 0 Å². The summed E-state index contributed by atoms with van der Waals surface area (Å²) in [4.78, 5) is 25.4. The summed E-state index contributed by atoms with van der Waals surface area (Å²) in [5.74, 6) is -0.203. The van der Waals surface area contributed by atoms with Gasteiger partial charge < -0.3 is 15.2 Å². The largest absolute Gasteiger partial charge is 0.416 e. The summed E-state index contributed by atoms with van der Waals surface area (Å²) in [6, 6.07) is 1.41. The van der Waals surface area contributed by atoms with Crippen molar-refractivity contribution in [1.82, 2.24) is 9.47 Å². The minimum Gasteiger partial charge on any atom is -0.335 e. The SMILES string of the molecule is CC[C@H](N)/C=C\CC(=O)N1CCn2c(cc(C(F)(F)F)cc2=O)C1. The summed E-state index contributed by atoms with van der Waals surface area (Å²) in [6.07, 6.45) is -0.283. The van der Waals surface area contributed by atoms with Gasteiger partial charge in [-0.05, 0) is 12.5 Å². The fourth-order valence-electron chi connectivity index (χ4n) is 2.52. The summed E-state index contributed by atoms with van der Waals surface area (Å²) in [5, 5.41) is 0. The van der Waals surface area contributed by atoms with E-state index in [1.165, 1.54) is 9.47 Å². The van der Waals surface area contributed by atoms with E-state index in [1.54, 1.807) is 12.2 Å². The first-order chi connectivity index (χ1) is 11.2. The molecule has 24 heavy (non-hydrogen) atoms. The molecule has 1 aliphatic rings. The molecule has 1 amide bonds. The summed E-state index contributed by atoms with van der Waals surface area (Å²) in [7, 11) is 0. The van der Waals surface area contributed by atoms with E-state index in [-0.39, 0.29) is 37.2 Å². The Bertz CT molecular complexity index is 695. The number of nitrogens with zero attached hydrogens (tertiary/aromatic N) is 2. The van der Waals surface area contributed by atoms with Crippen molar-refractivity contribution in [3.63, 3.8) is 0 Å². The van der Waals surface area contributed by atoms with E-state index < -0.39 is 17.3 Å². The number of carbonyl (C=O) groups is 1. The molecule has 132 valence electrons. The molecule has 2 heterocycles. The molecule has 8 heteroatoms. The predicted molar refractivity (Wildman–Crippen MR) is 83.1 cm³/mol. The third-order valence-electron chi connectivity index (χ3n) is 3.99. The Labute approximate surface area is 137 Å². The number of amides is 1. The number of halogens is 3. The van der Waals surface area contributed by atoms with Crippen molar-refractivity contribution in [1.29, 1.82) is 0 Å². The Morgan fingerprint density at radius 1 is 1.38 bits per heavy atom. The molecular weight excluding hydrogens is 323 g/mol. The maximum Gasteiger partial charge on any atom is 0.416 e. The van der Waals surface area contributed by atoms with Crippen LogP contribution in [0.4, 0.5) is 13.2 Å². The lowest BCUT2D eigenvalue weighted by Crippen LogP contribution is -2.42. The quantitative estimate of drug-likeness (QED) is 0.849. The number of alkyl halides is 3. The fraction of sp³-hybridized carbons (Fsp3) is 0.500. The molecule has 0 aliphatic carbocycles. The average Bonchev–Trinajstić information content (AvgIpc) is 2.53. The van der Waals surface area contributed by atoms with E-state index in [1.807, 2.05) is 6.92 Å². The molecule has 2 N–H and O–H groups in total. The van der Waals surface area contributed by atoms with Gasteiger partial charge in [0.05, 0.1) is 12.1 Å². The summed E-state index contributed by atoms with van der Waals surface area (Å²) in [6.45, 7) is 2.40. The number of hydrogen-bond donors (Lipinski definition) is 1. The lowest BCUT2D eigenvalue weighted by molar-refractivity contribution is -0.137. The molecule has 1 atom stereocenters. The maximum atomic E-state index is 12.8. The van der Waals surface area contributed by atoms with Crippen LogP contribution in [0.2, 0.25) is 0 Å². The molecule has 0 saturated carbocycles. The molecule has 1 aromatic rings. The molecule has 1 aliphatic heterocycles. The molecule has 5 nitrogen and oxygen atoms in total. The fourth-order valence-corrected chi connectivity index (χ4v) is 2.52. The van der Waals surface area contributed by atoms with Crippen molar-refractivity contribution in [3.8, 4) is 0 Å². The summed E-state index contributed by atoms with van der Waals surface area (Å²) < 4.78 is 39.7. The van der Waals surface area contributed by atoms with Gasteiger partial charge >= 0.3 is 6.18 Å². The van der Waals surface area contributed by atoms with Crippen LogP contribution < -0.4 is 11.3 Å². The van der Waals surface area contributed by atoms with Gasteiger partial charge in [-0.1, -0.05) is 19.1 Å². The number of rotatable bonds is 4. The molecule has 0 saturated heterocycles. The lowest BCUT2D eigenvalue weighted by atomic mass is 10.1. The predicted octanol–water partition coefficient (Wildman–Crippen LogP) is 1.89. The molecule has 0 bridgehead atoms. The zero-order chi connectivity index (χ0) is 17.9. The van der Waals surface area contributed by atoms with Crippen LogP contribution in [-0.2, 0) is 24.1 Å². The summed E-state index contributed by atoms with van der Waals surface area (Å²) in [5.41, 5.74) is 4.24. The van der Waals surface area contributed by atoms with Crippen molar-refractivity contribution in [2.24, 2.45) is 5.73 Å². The van der Waals surface area contributed by atoms with Crippen LogP contribution in [0.1, 0.15) is 31.0 Å². The Morgan fingerprint density at radius 2 is 2.08 bits per heavy atom. The van der Waals surface area contributed by atoms with Gasteiger partial charge in [-0.25, -0.2) is 0 Å². The van der Waals surface area contributed by atoms with Crippen molar-refractivity contribution in [2.45, 2.75) is 45.1 Å². The van der Waals surface area contributed by atoms with Gasteiger partial charge in [0, 0.05) is 37.3 Å². The van der Waals surface area contributed by atoms with Gasteiger partial charge in [-0.3, -0.25) is 9.59 Å². The zero-order valence-corrected chi connectivity index (χ0v) is 13.3. The minimum atomic E-state index is -4.58. The first-order valence-corrected chi connectivity index (χ1v) is 7.73. The van der Waals surface area contributed by atoms with Crippen LogP contribution in [0.15, 0.2) is 29.1 Å². The number of carbonyl (C=O) groups excluding carboxylic acids is 1. The van der Waals surface area contributed by atoms with Crippen molar-refractivity contribution in [2.75, 3.05) is 6.54 Å². The van der Waals surface area contributed by atoms with Crippen molar-refractivity contribution < 1.29 is 18.0 Å². The molecule has 0 radical (unpaired) electrons. The van der Waals surface area contributed by atoms with Crippen LogP contribution in [0.5, 0.6) is 0 Å². The number of pyridine rings is 1. The number of aromatic nitrogens is 1. The van der Waals surface area contributed by atoms with Crippen LogP contribution in [0.25, 0.3) is 0 Å². The van der Waals surface area contributed by atoms with Gasteiger partial charge in [0.1, 0.15) is 0 Å². The van der Waals surface area contributed by atoms with Crippen LogP contribution in [0, 0.1) is 0 Å². The number of fused-ring (bicyclic) bond motifs is 1. The smallest absolute Gasteiger partial charge is 0.335 e. The van der Waals surface area contributed by atoms with E-state index in [9.17, 15) is 22.8 Å². The zero-order valence-electron chi connectivity index (χ0n) is 13.3. The summed E-state index contributed by atoms with van der Waals surface area (Å²) >= 11 is 0. The lowest BCUT2D eigenvalue weighted by Gasteiger charge is -2.30. The second kappa shape index (κ2) is 7.21. The molecule has 2 rings (SSSR count).